The van der Waals surface area contributed by atoms with Crippen molar-refractivity contribution in [2.75, 3.05) is 6.61 Å². The summed E-state index contributed by atoms with van der Waals surface area (Å²) >= 11 is 0. The molecule has 0 bridgehead atoms. The number of phenols is 1. The summed E-state index contributed by atoms with van der Waals surface area (Å²) < 4.78 is 7.23. The summed E-state index contributed by atoms with van der Waals surface area (Å²) in [6.07, 6.45) is 1.55. The number of esters is 1. The number of nitrogens with zero attached hydrogens (tertiary/aromatic N) is 2. The van der Waals surface area contributed by atoms with Gasteiger partial charge in [-0.15, -0.1) is 0 Å². The van der Waals surface area contributed by atoms with Crippen molar-refractivity contribution in [1.82, 2.24) is 4.57 Å². The minimum atomic E-state index is -0.411. The van der Waals surface area contributed by atoms with Crippen LogP contribution in [0.4, 0.5) is 5.69 Å². The maximum Gasteiger partial charge on any atom is 0.340 e. The first-order valence-corrected chi connectivity index (χ1v) is 9.14. The van der Waals surface area contributed by atoms with Crippen molar-refractivity contribution in [3.8, 4) is 5.75 Å². The van der Waals surface area contributed by atoms with Crippen LogP contribution in [0, 0.1) is 17.0 Å². The molecule has 1 aromatic heterocycles. The maximum atomic E-state index is 12.4. The number of rotatable bonds is 7. The molecule has 0 unspecified atom stereocenters. The number of fused-ring (bicyclic) bond motifs is 1. The number of non-ortho nitro benzene ring substituents is 1. The molecule has 0 aliphatic rings. The Bertz CT molecular complexity index is 1020. The highest BCUT2D eigenvalue weighted by molar-refractivity contribution is 6.06. The highest BCUT2D eigenvalue weighted by Crippen LogP contribution is 2.30. The van der Waals surface area contributed by atoms with Crippen LogP contribution < -0.4 is 0 Å². The number of hydrogen-bond donors (Lipinski definition) is 1. The Kier molecular flexibility index (Phi) is 5.63. The topological polar surface area (TPSA) is 94.6 Å². The summed E-state index contributed by atoms with van der Waals surface area (Å²) in [5.41, 5.74) is 3.23. The Hall–Kier alpha value is -3.35. The third-order valence-electron chi connectivity index (χ3n) is 4.78. The van der Waals surface area contributed by atoms with E-state index in [9.17, 15) is 20.0 Å². The van der Waals surface area contributed by atoms with E-state index in [2.05, 4.69) is 0 Å². The zero-order chi connectivity index (χ0) is 20.3. The predicted molar refractivity (Wildman–Crippen MR) is 106 cm³/mol. The van der Waals surface area contributed by atoms with E-state index in [0.29, 0.717) is 17.5 Å². The first kappa shape index (κ1) is 19.4. The lowest BCUT2D eigenvalue weighted by molar-refractivity contribution is -0.384. The predicted octanol–water partition coefficient (Wildman–Crippen LogP) is 4.37. The highest BCUT2D eigenvalue weighted by Gasteiger charge is 2.21. The number of aromatic hydroxyl groups is 1. The van der Waals surface area contributed by atoms with Crippen molar-refractivity contribution in [3.63, 3.8) is 0 Å². The first-order valence-electron chi connectivity index (χ1n) is 9.14. The van der Waals surface area contributed by atoms with Crippen molar-refractivity contribution in [1.29, 1.82) is 0 Å². The second-order valence-electron chi connectivity index (χ2n) is 6.56. The van der Waals surface area contributed by atoms with E-state index in [1.54, 1.807) is 37.3 Å². The number of ether oxygens (including phenoxy) is 1. The molecule has 7 heteroatoms. The SMILES string of the molecule is CCOC(=O)c1c(C)n(CCCc2ccc([N+](=O)[O-])cc2)c2ccc(O)cc12. The Morgan fingerprint density at radius 2 is 1.93 bits per heavy atom. The van der Waals surface area contributed by atoms with Crippen LogP contribution >= 0.6 is 0 Å². The fraction of sp³-hybridized carbons (Fsp3) is 0.286. The van der Waals surface area contributed by atoms with Crippen LogP contribution in [-0.2, 0) is 17.7 Å². The van der Waals surface area contributed by atoms with E-state index in [-0.39, 0.29) is 18.0 Å². The van der Waals surface area contributed by atoms with Gasteiger partial charge in [-0.3, -0.25) is 10.1 Å². The number of aryl methyl sites for hydroxylation is 2. The molecular formula is C21H22N2O5. The molecule has 3 rings (SSSR count). The molecule has 0 saturated carbocycles. The molecule has 146 valence electrons. The zero-order valence-corrected chi connectivity index (χ0v) is 15.8. The number of carbonyl (C=O) groups is 1. The third kappa shape index (κ3) is 3.83. The molecule has 3 aromatic rings. The zero-order valence-electron chi connectivity index (χ0n) is 15.8. The van der Waals surface area contributed by atoms with E-state index in [4.69, 9.17) is 4.74 Å². The monoisotopic (exact) mass is 382 g/mol. The van der Waals surface area contributed by atoms with Gasteiger partial charge in [0.2, 0.25) is 0 Å². The van der Waals surface area contributed by atoms with Crippen LogP contribution in [0.15, 0.2) is 42.5 Å². The van der Waals surface area contributed by atoms with E-state index >= 15 is 0 Å². The van der Waals surface area contributed by atoms with Gasteiger partial charge in [0.25, 0.3) is 5.69 Å². The summed E-state index contributed by atoms with van der Waals surface area (Å²) in [5, 5.41) is 21.3. The normalized spacial score (nSPS) is 10.9. The van der Waals surface area contributed by atoms with Crippen molar-refractivity contribution in [2.45, 2.75) is 33.2 Å². The van der Waals surface area contributed by atoms with Crippen LogP contribution in [0.5, 0.6) is 5.75 Å². The lowest BCUT2D eigenvalue weighted by Gasteiger charge is -2.09. The number of benzene rings is 2. The van der Waals surface area contributed by atoms with Crippen LogP contribution in [0.25, 0.3) is 10.9 Å². The second kappa shape index (κ2) is 8.12. The summed E-state index contributed by atoms with van der Waals surface area (Å²) in [6, 6.07) is 11.5. The first-order chi connectivity index (χ1) is 13.4. The molecule has 1 heterocycles. The fourth-order valence-electron chi connectivity index (χ4n) is 3.44. The molecule has 0 spiro atoms. The Morgan fingerprint density at radius 3 is 2.57 bits per heavy atom. The summed E-state index contributed by atoms with van der Waals surface area (Å²) in [7, 11) is 0. The van der Waals surface area contributed by atoms with Crippen molar-refractivity contribution >= 4 is 22.6 Å². The number of hydrogen-bond acceptors (Lipinski definition) is 5. The molecular weight excluding hydrogens is 360 g/mol. The van der Waals surface area contributed by atoms with E-state index in [1.165, 1.54) is 12.1 Å². The molecule has 0 amide bonds. The van der Waals surface area contributed by atoms with E-state index in [1.807, 2.05) is 11.5 Å². The summed E-state index contributed by atoms with van der Waals surface area (Å²) in [4.78, 5) is 22.8. The van der Waals surface area contributed by atoms with Crippen molar-refractivity contribution < 1.29 is 19.6 Å². The molecule has 2 aromatic carbocycles. The minimum absolute atomic E-state index is 0.0786. The molecule has 0 fully saturated rings. The average Bonchev–Trinajstić information content (AvgIpc) is 2.93. The highest BCUT2D eigenvalue weighted by atomic mass is 16.6. The Balaban J connectivity index is 1.83. The molecule has 28 heavy (non-hydrogen) atoms. The lowest BCUT2D eigenvalue weighted by Crippen LogP contribution is -2.08. The van der Waals surface area contributed by atoms with Gasteiger partial charge in [-0.2, -0.15) is 0 Å². The van der Waals surface area contributed by atoms with Gasteiger partial charge in [0, 0.05) is 35.3 Å². The molecule has 0 aliphatic carbocycles. The van der Waals surface area contributed by atoms with E-state index in [0.717, 1.165) is 29.6 Å². The lowest BCUT2D eigenvalue weighted by atomic mass is 10.1. The smallest absolute Gasteiger partial charge is 0.340 e. The number of aromatic nitrogens is 1. The van der Waals surface area contributed by atoms with Crippen LogP contribution in [0.2, 0.25) is 0 Å². The standard InChI is InChI=1S/C21H22N2O5/c1-3-28-21(25)20-14(2)22(19-11-10-17(24)13-18(19)20)12-4-5-15-6-8-16(9-7-15)23(26)27/h6-11,13,24H,3-5,12H2,1-2H3. The van der Waals surface area contributed by atoms with Gasteiger partial charge >= 0.3 is 5.97 Å². The van der Waals surface area contributed by atoms with Crippen LogP contribution in [0.1, 0.15) is 35.0 Å². The molecule has 0 atom stereocenters. The van der Waals surface area contributed by atoms with Crippen LogP contribution in [0.3, 0.4) is 0 Å². The van der Waals surface area contributed by atoms with Crippen LogP contribution in [-0.4, -0.2) is 27.2 Å². The average molecular weight is 382 g/mol. The third-order valence-corrected chi connectivity index (χ3v) is 4.78. The van der Waals surface area contributed by atoms with E-state index < -0.39 is 10.9 Å². The second-order valence-corrected chi connectivity index (χ2v) is 6.56. The minimum Gasteiger partial charge on any atom is -0.508 e. The quantitative estimate of drug-likeness (QED) is 0.372. The van der Waals surface area contributed by atoms with Gasteiger partial charge in [0.1, 0.15) is 5.75 Å². The number of nitro groups is 1. The van der Waals surface area contributed by atoms with Gasteiger partial charge in [0.15, 0.2) is 0 Å². The Morgan fingerprint density at radius 1 is 1.21 bits per heavy atom. The number of nitro benzene ring substituents is 1. The Labute approximate surface area is 162 Å². The largest absolute Gasteiger partial charge is 0.508 e. The van der Waals surface area contributed by atoms with Gasteiger partial charge in [-0.1, -0.05) is 12.1 Å². The molecule has 0 saturated heterocycles. The van der Waals surface area contributed by atoms with Gasteiger partial charge in [-0.25, -0.2) is 4.79 Å². The van der Waals surface area contributed by atoms with Crippen molar-refractivity contribution in [3.05, 3.63) is 69.4 Å². The molecule has 0 radical (unpaired) electrons. The fourth-order valence-corrected chi connectivity index (χ4v) is 3.44. The molecule has 1 N–H and O–H groups in total. The summed E-state index contributed by atoms with van der Waals surface area (Å²) in [5.74, 6) is -0.300. The molecule has 0 aliphatic heterocycles. The van der Waals surface area contributed by atoms with Crippen molar-refractivity contribution in [2.24, 2.45) is 0 Å². The van der Waals surface area contributed by atoms with Gasteiger partial charge in [0.05, 0.1) is 17.1 Å². The number of phenolic OH excluding ortho intramolecular Hbond substituents is 1. The summed E-state index contributed by atoms with van der Waals surface area (Å²) in [6.45, 7) is 4.58. The maximum absolute atomic E-state index is 12.4. The van der Waals surface area contributed by atoms with Gasteiger partial charge < -0.3 is 14.4 Å². The van der Waals surface area contributed by atoms with Gasteiger partial charge in [-0.05, 0) is 50.5 Å². The number of carbonyl (C=O) groups excluding carboxylic acids is 1. The molecule has 7 nitrogen and oxygen atoms in total.